The fourth-order valence-electron chi connectivity index (χ4n) is 2.74. The molecule has 0 unspecified atom stereocenters. The van der Waals surface area contributed by atoms with Crippen LogP contribution in [0.1, 0.15) is 21.6 Å². The average molecular weight is 437 g/mol. The molecule has 6 nitrogen and oxygen atoms in total. The van der Waals surface area contributed by atoms with Gasteiger partial charge in [-0.2, -0.15) is 5.10 Å². The Morgan fingerprint density at radius 1 is 1.11 bits per heavy atom. The van der Waals surface area contributed by atoms with Crippen LogP contribution in [0.25, 0.3) is 11.3 Å². The number of carbonyl (C=O) groups is 1. The van der Waals surface area contributed by atoms with Crippen LogP contribution in [0.3, 0.4) is 0 Å². The average Bonchev–Trinajstić information content (AvgIpc) is 3.34. The van der Waals surface area contributed by atoms with Crippen LogP contribution >= 0.6 is 15.9 Å². The molecule has 1 amide bonds. The summed E-state index contributed by atoms with van der Waals surface area (Å²) in [6.45, 7) is 2.61. The topological polar surface area (TPSA) is 73.0 Å². The first-order valence-electron chi connectivity index (χ1n) is 8.70. The molecule has 140 valence electrons. The van der Waals surface area contributed by atoms with Crippen molar-refractivity contribution in [1.29, 1.82) is 0 Å². The van der Waals surface area contributed by atoms with E-state index in [2.05, 4.69) is 43.6 Å². The smallest absolute Gasteiger partial charge is 0.279 e. The molecule has 4 rings (SSSR count). The van der Waals surface area contributed by atoms with Crippen LogP contribution in [0.2, 0.25) is 0 Å². The fraction of sp³-hybridized carbons (Fsp3) is 0.0952. The number of hydrogen-bond acceptors (Lipinski definition) is 4. The third-order valence-electron chi connectivity index (χ3n) is 4.28. The molecule has 0 radical (unpaired) electrons. The number of rotatable bonds is 5. The third-order valence-corrected chi connectivity index (χ3v) is 4.81. The summed E-state index contributed by atoms with van der Waals surface area (Å²) < 4.78 is 8.02. The van der Waals surface area contributed by atoms with Gasteiger partial charge in [-0.05, 0) is 24.6 Å². The van der Waals surface area contributed by atoms with Gasteiger partial charge in [0.15, 0.2) is 11.5 Å². The van der Waals surface area contributed by atoms with Crippen LogP contribution in [-0.4, -0.2) is 20.8 Å². The number of carbonyl (C=O) groups excluding carboxylic acids is 1. The highest BCUT2D eigenvalue weighted by molar-refractivity contribution is 9.10. The van der Waals surface area contributed by atoms with Crippen molar-refractivity contribution in [1.82, 2.24) is 14.9 Å². The van der Waals surface area contributed by atoms with E-state index < -0.39 is 0 Å². The number of nitrogens with zero attached hydrogens (tertiary/aromatic N) is 3. The van der Waals surface area contributed by atoms with Crippen molar-refractivity contribution in [2.24, 2.45) is 0 Å². The lowest BCUT2D eigenvalue weighted by atomic mass is 10.1. The number of aromatic nitrogens is 3. The predicted octanol–water partition coefficient (Wildman–Crippen LogP) is 4.91. The molecule has 2 aromatic heterocycles. The van der Waals surface area contributed by atoms with Gasteiger partial charge in [0.25, 0.3) is 5.91 Å². The molecule has 0 spiro atoms. The van der Waals surface area contributed by atoms with Gasteiger partial charge >= 0.3 is 0 Å². The van der Waals surface area contributed by atoms with Crippen LogP contribution < -0.4 is 5.32 Å². The monoisotopic (exact) mass is 436 g/mol. The number of hydrogen-bond donors (Lipinski definition) is 1. The summed E-state index contributed by atoms with van der Waals surface area (Å²) in [6.07, 6.45) is 1.65. The molecule has 7 heteroatoms. The second kappa shape index (κ2) is 7.82. The molecule has 2 aromatic carbocycles. The Labute approximate surface area is 170 Å². The van der Waals surface area contributed by atoms with Gasteiger partial charge in [-0.1, -0.05) is 63.0 Å². The van der Waals surface area contributed by atoms with Crippen molar-refractivity contribution >= 4 is 27.7 Å². The lowest BCUT2D eigenvalue weighted by Crippen LogP contribution is -2.16. The van der Waals surface area contributed by atoms with Crippen LogP contribution in [0.15, 0.2) is 75.9 Å². The summed E-state index contributed by atoms with van der Waals surface area (Å²) in [6, 6.07) is 19.2. The van der Waals surface area contributed by atoms with Gasteiger partial charge in [-0.15, -0.1) is 0 Å². The lowest BCUT2D eigenvalue weighted by molar-refractivity contribution is 0.101. The van der Waals surface area contributed by atoms with Crippen molar-refractivity contribution in [2.75, 3.05) is 5.32 Å². The van der Waals surface area contributed by atoms with Crippen LogP contribution in [0.5, 0.6) is 0 Å². The molecule has 28 heavy (non-hydrogen) atoms. The van der Waals surface area contributed by atoms with Crippen molar-refractivity contribution < 1.29 is 9.32 Å². The minimum atomic E-state index is -0.349. The first kappa shape index (κ1) is 18.2. The largest absolute Gasteiger partial charge is 0.355 e. The number of amides is 1. The summed E-state index contributed by atoms with van der Waals surface area (Å²) in [7, 11) is 0. The Bertz CT molecular complexity index is 1100. The highest BCUT2D eigenvalue weighted by atomic mass is 79.9. The number of anilines is 1. The van der Waals surface area contributed by atoms with Gasteiger partial charge in [-0.25, -0.2) is 4.68 Å². The van der Waals surface area contributed by atoms with E-state index in [1.807, 2.05) is 43.3 Å². The zero-order chi connectivity index (χ0) is 19.5. The molecule has 0 aliphatic carbocycles. The maximum Gasteiger partial charge on any atom is 0.279 e. The van der Waals surface area contributed by atoms with E-state index in [0.717, 1.165) is 15.6 Å². The Balaban J connectivity index is 1.48. The van der Waals surface area contributed by atoms with E-state index in [0.29, 0.717) is 18.1 Å². The van der Waals surface area contributed by atoms with Crippen LogP contribution in [0, 0.1) is 6.92 Å². The molecule has 1 N–H and O–H groups in total. The second-order valence-electron chi connectivity index (χ2n) is 6.40. The minimum Gasteiger partial charge on any atom is -0.355 e. The molecule has 0 bridgehead atoms. The maximum atomic E-state index is 12.6. The Hall–Kier alpha value is -3.19. The first-order chi connectivity index (χ1) is 13.6. The summed E-state index contributed by atoms with van der Waals surface area (Å²) in [5.74, 6) is 0.780. The number of halogens is 1. The maximum absolute atomic E-state index is 12.6. The highest BCUT2D eigenvalue weighted by Crippen LogP contribution is 2.23. The summed E-state index contributed by atoms with van der Waals surface area (Å²) >= 11 is 3.39. The third kappa shape index (κ3) is 4.04. The van der Waals surface area contributed by atoms with E-state index in [9.17, 15) is 4.79 Å². The normalized spacial score (nSPS) is 10.8. The molecule has 0 atom stereocenters. The summed E-state index contributed by atoms with van der Waals surface area (Å²) in [5, 5.41) is 11.0. The number of nitrogens with one attached hydrogen (secondary N) is 1. The van der Waals surface area contributed by atoms with Gasteiger partial charge in [0.2, 0.25) is 0 Å². The highest BCUT2D eigenvalue weighted by Gasteiger charge is 2.16. The molecular weight excluding hydrogens is 420 g/mol. The van der Waals surface area contributed by atoms with Gasteiger partial charge in [0.1, 0.15) is 5.82 Å². The zero-order valence-corrected chi connectivity index (χ0v) is 16.7. The van der Waals surface area contributed by atoms with Gasteiger partial charge in [-0.3, -0.25) is 4.79 Å². The van der Waals surface area contributed by atoms with E-state index >= 15 is 0 Å². The van der Waals surface area contributed by atoms with Gasteiger partial charge in [0, 0.05) is 22.2 Å². The molecule has 2 heterocycles. The molecule has 0 aliphatic heterocycles. The van der Waals surface area contributed by atoms with Crippen molar-refractivity contribution in [3.05, 3.63) is 88.2 Å². The van der Waals surface area contributed by atoms with E-state index in [-0.39, 0.29) is 11.6 Å². The number of benzene rings is 2. The molecule has 4 aromatic rings. The molecule has 0 aliphatic rings. The van der Waals surface area contributed by atoms with Crippen molar-refractivity contribution in [3.63, 3.8) is 0 Å². The molecule has 0 saturated heterocycles. The number of aryl methyl sites for hydroxylation is 1. The minimum absolute atomic E-state index is 0.209. The first-order valence-corrected chi connectivity index (χ1v) is 9.49. The van der Waals surface area contributed by atoms with Crippen molar-refractivity contribution in [3.8, 4) is 11.3 Å². The summed E-state index contributed by atoms with van der Waals surface area (Å²) in [4.78, 5) is 12.6. The molecule has 0 saturated carbocycles. The Kier molecular flexibility index (Phi) is 5.08. The van der Waals surface area contributed by atoms with E-state index in [1.165, 1.54) is 5.56 Å². The van der Waals surface area contributed by atoms with Crippen LogP contribution in [-0.2, 0) is 6.54 Å². The van der Waals surface area contributed by atoms with E-state index in [4.69, 9.17) is 4.52 Å². The quantitative estimate of drug-likeness (QED) is 0.482. The molecule has 0 fully saturated rings. The second-order valence-corrected chi connectivity index (χ2v) is 7.31. The predicted molar refractivity (Wildman–Crippen MR) is 110 cm³/mol. The lowest BCUT2D eigenvalue weighted by Gasteiger charge is -2.08. The van der Waals surface area contributed by atoms with Crippen LogP contribution in [0.4, 0.5) is 5.82 Å². The standard InChI is InChI=1S/C21H17BrN4O2/c1-14-2-4-15(5-3-14)13-26-20(10-11-23-26)24-21(27)18-12-19(28-25-18)16-6-8-17(22)9-7-16/h2-12H,13H2,1H3,(H,24,27). The van der Waals surface area contributed by atoms with Gasteiger partial charge in [0.05, 0.1) is 12.7 Å². The molecular formula is C21H17BrN4O2. The Morgan fingerprint density at radius 3 is 2.61 bits per heavy atom. The van der Waals surface area contributed by atoms with Crippen molar-refractivity contribution in [2.45, 2.75) is 13.5 Å². The zero-order valence-electron chi connectivity index (χ0n) is 15.1. The fourth-order valence-corrected chi connectivity index (χ4v) is 3.01. The Morgan fingerprint density at radius 2 is 1.86 bits per heavy atom. The van der Waals surface area contributed by atoms with Gasteiger partial charge < -0.3 is 9.84 Å². The SMILES string of the molecule is Cc1ccc(Cn2nccc2NC(=O)c2cc(-c3ccc(Br)cc3)on2)cc1. The van der Waals surface area contributed by atoms with E-state index in [1.54, 1.807) is 23.0 Å². The summed E-state index contributed by atoms with van der Waals surface area (Å²) in [5.41, 5.74) is 3.36.